The smallest absolute Gasteiger partial charge is 0.504 e. The molecule has 20 heavy (non-hydrogen) atoms. The number of aliphatic hydroxyl groups excluding tert-OH is 1. The van der Waals surface area contributed by atoms with E-state index in [9.17, 15) is 13.5 Å². The number of hydrogen-bond donors (Lipinski definition) is 1. The molecule has 0 atom stereocenters. The molecule has 1 saturated carbocycles. The highest BCUT2D eigenvalue weighted by atomic mass is 32.2. The molecule has 1 aliphatic carbocycles. The second kappa shape index (κ2) is 5.25. The summed E-state index contributed by atoms with van der Waals surface area (Å²) < 4.78 is 24.7. The zero-order valence-electron chi connectivity index (χ0n) is 11.3. The summed E-state index contributed by atoms with van der Waals surface area (Å²) in [5, 5.41) is 18.4. The van der Waals surface area contributed by atoms with E-state index >= 15 is 0 Å². The van der Waals surface area contributed by atoms with Gasteiger partial charge in [-0.15, -0.1) is 0 Å². The van der Waals surface area contributed by atoms with Gasteiger partial charge in [0.2, 0.25) is 11.2 Å². The lowest BCUT2D eigenvalue weighted by Gasteiger charge is -2.37. The largest absolute Gasteiger partial charge is 0.515 e. The maximum Gasteiger partial charge on any atom is 0.515 e. The van der Waals surface area contributed by atoms with Crippen molar-refractivity contribution in [2.24, 2.45) is 5.41 Å². The second-order valence-electron chi connectivity index (χ2n) is 5.51. The highest BCUT2D eigenvalue weighted by molar-refractivity contribution is 7.95. The van der Waals surface area contributed by atoms with Crippen molar-refractivity contribution in [2.75, 3.05) is 0 Å². The van der Waals surface area contributed by atoms with E-state index in [1.807, 2.05) is 6.92 Å². The number of benzene rings is 1. The van der Waals surface area contributed by atoms with Crippen molar-refractivity contribution in [1.29, 1.82) is 5.39 Å². The highest BCUT2D eigenvalue weighted by Gasteiger charge is 2.41. The van der Waals surface area contributed by atoms with E-state index in [-0.39, 0.29) is 22.5 Å². The van der Waals surface area contributed by atoms with E-state index in [1.165, 1.54) is 12.1 Å². The molecular formula is C14H17N2O3S+. The zero-order chi connectivity index (χ0) is 14.8. The molecule has 0 unspecified atom stereocenters. The predicted octanol–water partition coefficient (Wildman–Crippen LogP) is 3.62. The maximum atomic E-state index is 12.3. The van der Waals surface area contributed by atoms with Crippen LogP contribution in [0.4, 0.5) is 0 Å². The molecule has 0 amide bonds. The van der Waals surface area contributed by atoms with Crippen molar-refractivity contribution in [2.45, 2.75) is 37.5 Å². The van der Waals surface area contributed by atoms with Crippen molar-refractivity contribution in [1.82, 2.24) is 0 Å². The molecule has 0 spiro atoms. The molecular weight excluding hydrogens is 276 g/mol. The Kier molecular flexibility index (Phi) is 3.82. The number of hydrogen-bond acceptors (Lipinski definition) is 4. The van der Waals surface area contributed by atoms with E-state index in [4.69, 9.17) is 5.39 Å². The van der Waals surface area contributed by atoms with E-state index in [0.717, 1.165) is 19.3 Å². The molecule has 0 aliphatic heterocycles. The van der Waals surface area contributed by atoms with Crippen molar-refractivity contribution >= 4 is 9.84 Å². The molecule has 0 saturated heterocycles. The van der Waals surface area contributed by atoms with E-state index < -0.39 is 14.9 Å². The molecule has 1 aromatic rings. The lowest BCUT2D eigenvalue weighted by Crippen LogP contribution is -2.26. The Morgan fingerprint density at radius 1 is 1.35 bits per heavy atom. The summed E-state index contributed by atoms with van der Waals surface area (Å²) in [5.74, 6) is -0.376. The summed E-state index contributed by atoms with van der Waals surface area (Å²) in [4.78, 5) is 2.82. The fraction of sp³-hybridized carbons (Fsp3) is 0.429. The van der Waals surface area contributed by atoms with Crippen LogP contribution in [0.5, 0.6) is 0 Å². The number of allylic oxidation sites excluding steroid dienone is 1. The third kappa shape index (κ3) is 2.68. The van der Waals surface area contributed by atoms with Gasteiger partial charge >= 0.3 is 5.03 Å². The Bertz CT molecular complexity index is 668. The first-order valence-corrected chi connectivity index (χ1v) is 7.95. The van der Waals surface area contributed by atoms with Gasteiger partial charge < -0.3 is 5.11 Å². The normalized spacial score (nSPS) is 18.6. The number of aliphatic hydroxyl groups is 1. The van der Waals surface area contributed by atoms with Crippen molar-refractivity contribution in [3.63, 3.8) is 0 Å². The first-order chi connectivity index (χ1) is 9.39. The van der Waals surface area contributed by atoms with Gasteiger partial charge in [-0.25, -0.2) is 8.42 Å². The lowest BCUT2D eigenvalue weighted by atomic mass is 9.68. The van der Waals surface area contributed by atoms with Crippen LogP contribution in [0.2, 0.25) is 0 Å². The fourth-order valence-corrected chi connectivity index (χ4v) is 3.64. The van der Waals surface area contributed by atoms with Gasteiger partial charge in [-0.2, -0.15) is 0 Å². The minimum absolute atomic E-state index is 0.00175. The number of nitrogens with zero attached hydrogens (tertiary/aromatic N) is 2. The van der Waals surface area contributed by atoms with E-state index in [1.54, 1.807) is 18.2 Å². The zero-order valence-corrected chi connectivity index (χ0v) is 12.1. The summed E-state index contributed by atoms with van der Waals surface area (Å²) in [7, 11) is -3.99. The van der Waals surface area contributed by atoms with Gasteiger partial charge in [0.05, 0.1) is 4.90 Å². The van der Waals surface area contributed by atoms with Crippen molar-refractivity contribution in [3.8, 4) is 0 Å². The topological polar surface area (TPSA) is 82.5 Å². The molecule has 1 fully saturated rings. The van der Waals surface area contributed by atoms with Crippen molar-refractivity contribution < 1.29 is 13.5 Å². The number of diazo groups is 1. The quantitative estimate of drug-likeness (QED) is 0.679. The molecule has 2 rings (SSSR count). The van der Waals surface area contributed by atoms with Gasteiger partial charge in [0.25, 0.3) is 9.84 Å². The molecule has 6 heteroatoms. The Morgan fingerprint density at radius 3 is 2.40 bits per heavy atom. The summed E-state index contributed by atoms with van der Waals surface area (Å²) in [6.07, 6.45) is 3.14. The average molecular weight is 293 g/mol. The van der Waals surface area contributed by atoms with Gasteiger partial charge in [-0.3, -0.25) is 0 Å². The van der Waals surface area contributed by atoms with Crippen LogP contribution in [0, 0.1) is 10.8 Å². The lowest BCUT2D eigenvalue weighted by molar-refractivity contribution is 0.139. The van der Waals surface area contributed by atoms with Crippen LogP contribution < -0.4 is 0 Å². The molecule has 1 N–H and O–H groups in total. The average Bonchev–Trinajstić information content (AvgIpc) is 2.38. The number of rotatable bonds is 4. The van der Waals surface area contributed by atoms with Crippen LogP contribution in [-0.4, -0.2) is 13.5 Å². The van der Waals surface area contributed by atoms with Gasteiger partial charge in [-0.05, 0) is 30.4 Å². The summed E-state index contributed by atoms with van der Waals surface area (Å²) in [6, 6.07) is 7.64. The Balaban J connectivity index is 2.39. The molecule has 1 aromatic carbocycles. The van der Waals surface area contributed by atoms with Crippen LogP contribution in [0.25, 0.3) is 4.98 Å². The van der Waals surface area contributed by atoms with E-state index in [0.29, 0.717) is 0 Å². The fourth-order valence-electron chi connectivity index (χ4n) is 2.41. The number of sulfone groups is 1. The first kappa shape index (κ1) is 14.5. The minimum Gasteiger partial charge on any atom is -0.504 e. The monoisotopic (exact) mass is 293 g/mol. The molecule has 1 aliphatic rings. The highest BCUT2D eigenvalue weighted by Crippen LogP contribution is 2.45. The SMILES string of the molecule is CC1(C/C(O)=C(\[N+]#N)S(=O)(=O)c2ccccc2)CCC1. The standard InChI is InChI=1S/C14H16N2O3S/c1-14(8-5-9-14)10-12(17)13(16-15)20(18,19)11-6-3-2-4-7-11/h2-4,6-7H,5,8-10H2,1H3/p+1/b13-12-. The van der Waals surface area contributed by atoms with Crippen molar-refractivity contribution in [3.05, 3.63) is 46.1 Å². The van der Waals surface area contributed by atoms with Gasteiger partial charge in [0, 0.05) is 6.42 Å². The third-order valence-corrected chi connectivity index (χ3v) is 5.52. The van der Waals surface area contributed by atoms with Gasteiger partial charge in [-0.1, -0.05) is 31.5 Å². The van der Waals surface area contributed by atoms with Crippen LogP contribution in [-0.2, 0) is 9.84 Å². The minimum atomic E-state index is -3.99. The summed E-state index contributed by atoms with van der Waals surface area (Å²) >= 11 is 0. The summed E-state index contributed by atoms with van der Waals surface area (Å²) in [5.41, 5.74) is -0.105. The maximum absolute atomic E-state index is 12.3. The molecule has 0 aromatic heterocycles. The predicted molar refractivity (Wildman–Crippen MR) is 74.9 cm³/mol. The van der Waals surface area contributed by atoms with Crippen LogP contribution >= 0.6 is 0 Å². The van der Waals surface area contributed by atoms with Gasteiger partial charge in [0.15, 0.2) is 4.98 Å². The third-order valence-electron chi connectivity index (χ3n) is 3.80. The molecule has 0 radical (unpaired) electrons. The van der Waals surface area contributed by atoms with Crippen LogP contribution in [0.15, 0.2) is 46.0 Å². The van der Waals surface area contributed by atoms with Gasteiger partial charge in [0.1, 0.15) is 0 Å². The Labute approximate surface area is 118 Å². The molecule has 0 heterocycles. The first-order valence-electron chi connectivity index (χ1n) is 6.46. The second-order valence-corrected chi connectivity index (χ2v) is 7.37. The van der Waals surface area contributed by atoms with Crippen LogP contribution in [0.3, 0.4) is 0 Å². The molecule has 106 valence electrons. The molecule has 5 nitrogen and oxygen atoms in total. The van der Waals surface area contributed by atoms with E-state index in [2.05, 4.69) is 4.98 Å². The molecule has 0 bridgehead atoms. The Hall–Kier alpha value is -1.87. The Morgan fingerprint density at radius 2 is 1.95 bits per heavy atom. The summed E-state index contributed by atoms with van der Waals surface area (Å²) in [6.45, 7) is 1.98. The van der Waals surface area contributed by atoms with Crippen LogP contribution in [0.1, 0.15) is 32.6 Å².